The molecule has 0 fully saturated rings. The minimum Gasteiger partial charge on any atom is -0.330 e. The van der Waals surface area contributed by atoms with Crippen molar-refractivity contribution in [2.75, 3.05) is 6.54 Å². The number of alkyl halides is 3. The van der Waals surface area contributed by atoms with E-state index in [1.165, 1.54) is 10.9 Å². The summed E-state index contributed by atoms with van der Waals surface area (Å²) in [6.45, 7) is 4.89. The van der Waals surface area contributed by atoms with Crippen molar-refractivity contribution in [1.82, 2.24) is 9.78 Å². The van der Waals surface area contributed by atoms with E-state index >= 15 is 0 Å². The highest BCUT2D eigenvalue weighted by Crippen LogP contribution is 2.27. The van der Waals surface area contributed by atoms with Crippen molar-refractivity contribution in [2.24, 2.45) is 11.1 Å². The summed E-state index contributed by atoms with van der Waals surface area (Å²) >= 11 is 0. The second-order valence-electron chi connectivity index (χ2n) is 4.58. The average molecular weight is 235 g/mol. The van der Waals surface area contributed by atoms with E-state index in [4.69, 9.17) is 5.73 Å². The molecule has 0 aliphatic rings. The first-order valence-electron chi connectivity index (χ1n) is 5.05. The highest BCUT2D eigenvalue weighted by atomic mass is 19.4. The molecule has 3 nitrogen and oxygen atoms in total. The zero-order chi connectivity index (χ0) is 12.4. The van der Waals surface area contributed by atoms with Crippen molar-refractivity contribution in [3.05, 3.63) is 18.0 Å². The fourth-order valence-corrected chi connectivity index (χ4v) is 1.16. The van der Waals surface area contributed by atoms with Crippen LogP contribution in [0.4, 0.5) is 13.2 Å². The second-order valence-corrected chi connectivity index (χ2v) is 4.58. The third kappa shape index (κ3) is 3.52. The molecule has 92 valence electrons. The van der Waals surface area contributed by atoms with Gasteiger partial charge in [-0.3, -0.25) is 4.68 Å². The molecule has 1 rings (SSSR count). The number of halogens is 3. The molecule has 0 atom stereocenters. The lowest BCUT2D eigenvalue weighted by molar-refractivity contribution is -0.141. The molecule has 0 saturated heterocycles. The molecule has 0 aliphatic carbocycles. The van der Waals surface area contributed by atoms with Crippen molar-refractivity contribution >= 4 is 0 Å². The molecule has 6 heteroatoms. The van der Waals surface area contributed by atoms with Crippen LogP contribution >= 0.6 is 0 Å². The molecule has 0 bridgehead atoms. The van der Waals surface area contributed by atoms with Crippen LogP contribution in [-0.4, -0.2) is 16.3 Å². The van der Waals surface area contributed by atoms with Crippen LogP contribution in [0.1, 0.15) is 26.0 Å². The predicted molar refractivity (Wildman–Crippen MR) is 54.7 cm³/mol. The average Bonchev–Trinajstić information content (AvgIpc) is 2.63. The molecule has 0 spiro atoms. The first-order valence-corrected chi connectivity index (χ1v) is 5.05. The summed E-state index contributed by atoms with van der Waals surface area (Å²) in [6.07, 6.45) is -2.33. The SMILES string of the molecule is CC(C)(CN)CCn1ccc(C(F)(F)F)n1. The maximum atomic E-state index is 12.2. The summed E-state index contributed by atoms with van der Waals surface area (Å²) in [4.78, 5) is 0. The van der Waals surface area contributed by atoms with E-state index < -0.39 is 11.9 Å². The fraction of sp³-hybridized carbons (Fsp3) is 0.700. The smallest absolute Gasteiger partial charge is 0.330 e. The summed E-state index contributed by atoms with van der Waals surface area (Å²) in [5.41, 5.74) is 4.61. The van der Waals surface area contributed by atoms with Crippen LogP contribution in [0.5, 0.6) is 0 Å². The van der Waals surface area contributed by atoms with E-state index in [0.29, 0.717) is 19.5 Å². The van der Waals surface area contributed by atoms with Gasteiger partial charge in [0.2, 0.25) is 0 Å². The quantitative estimate of drug-likeness (QED) is 0.870. The largest absolute Gasteiger partial charge is 0.435 e. The Kier molecular flexibility index (Phi) is 3.62. The monoisotopic (exact) mass is 235 g/mol. The minimum absolute atomic E-state index is 0.0790. The van der Waals surface area contributed by atoms with Gasteiger partial charge >= 0.3 is 6.18 Å². The van der Waals surface area contributed by atoms with Crippen molar-refractivity contribution in [2.45, 2.75) is 33.0 Å². The molecule has 0 radical (unpaired) electrons. The van der Waals surface area contributed by atoms with Crippen molar-refractivity contribution < 1.29 is 13.2 Å². The van der Waals surface area contributed by atoms with E-state index in [1.807, 2.05) is 13.8 Å². The van der Waals surface area contributed by atoms with E-state index in [1.54, 1.807) is 0 Å². The van der Waals surface area contributed by atoms with E-state index in [2.05, 4.69) is 5.10 Å². The lowest BCUT2D eigenvalue weighted by Crippen LogP contribution is -2.25. The maximum Gasteiger partial charge on any atom is 0.435 e. The molecule has 0 aliphatic heterocycles. The Hall–Kier alpha value is -1.04. The van der Waals surface area contributed by atoms with Crippen LogP contribution in [0.3, 0.4) is 0 Å². The van der Waals surface area contributed by atoms with Gasteiger partial charge in [-0.15, -0.1) is 0 Å². The Morgan fingerprint density at radius 3 is 2.44 bits per heavy atom. The van der Waals surface area contributed by atoms with Crippen molar-refractivity contribution in [3.8, 4) is 0 Å². The number of hydrogen-bond acceptors (Lipinski definition) is 2. The molecular formula is C10H16F3N3. The van der Waals surface area contributed by atoms with Gasteiger partial charge in [0.25, 0.3) is 0 Å². The Balaban J connectivity index is 2.60. The second kappa shape index (κ2) is 4.45. The molecule has 0 saturated carbocycles. The minimum atomic E-state index is -4.37. The summed E-state index contributed by atoms with van der Waals surface area (Å²) in [7, 11) is 0. The Morgan fingerprint density at radius 2 is 2.00 bits per heavy atom. The molecule has 0 amide bonds. The van der Waals surface area contributed by atoms with Gasteiger partial charge in [-0.25, -0.2) is 0 Å². The lowest BCUT2D eigenvalue weighted by Gasteiger charge is -2.21. The number of aryl methyl sites for hydroxylation is 1. The molecule has 16 heavy (non-hydrogen) atoms. The van der Waals surface area contributed by atoms with Gasteiger partial charge in [0.05, 0.1) is 0 Å². The molecule has 1 aromatic heterocycles. The summed E-state index contributed by atoms with van der Waals surface area (Å²) in [6, 6.07) is 0.982. The van der Waals surface area contributed by atoms with Gasteiger partial charge in [0.15, 0.2) is 5.69 Å². The van der Waals surface area contributed by atoms with E-state index in [9.17, 15) is 13.2 Å². The molecule has 2 N–H and O–H groups in total. The van der Waals surface area contributed by atoms with Gasteiger partial charge < -0.3 is 5.73 Å². The van der Waals surface area contributed by atoms with Crippen LogP contribution in [0.2, 0.25) is 0 Å². The normalized spacial score (nSPS) is 13.1. The van der Waals surface area contributed by atoms with Crippen LogP contribution in [0.15, 0.2) is 12.3 Å². The Bertz CT molecular complexity index is 341. The first-order chi connectivity index (χ1) is 7.24. The van der Waals surface area contributed by atoms with E-state index in [0.717, 1.165) is 6.07 Å². The van der Waals surface area contributed by atoms with Gasteiger partial charge in [-0.1, -0.05) is 13.8 Å². The van der Waals surface area contributed by atoms with Crippen LogP contribution < -0.4 is 5.73 Å². The molecule has 0 aromatic carbocycles. The number of nitrogens with two attached hydrogens (primary N) is 1. The van der Waals surface area contributed by atoms with Crippen LogP contribution in [0, 0.1) is 5.41 Å². The van der Waals surface area contributed by atoms with Crippen LogP contribution in [0.25, 0.3) is 0 Å². The highest BCUT2D eigenvalue weighted by Gasteiger charge is 2.33. The number of aromatic nitrogens is 2. The zero-order valence-electron chi connectivity index (χ0n) is 9.38. The first kappa shape index (κ1) is 13.0. The summed E-state index contributed by atoms with van der Waals surface area (Å²) < 4.78 is 38.0. The van der Waals surface area contributed by atoms with Crippen LogP contribution in [-0.2, 0) is 12.7 Å². The molecule has 1 aromatic rings. The fourth-order valence-electron chi connectivity index (χ4n) is 1.16. The van der Waals surface area contributed by atoms with Gasteiger partial charge in [0, 0.05) is 12.7 Å². The summed E-state index contributed by atoms with van der Waals surface area (Å²) in [5.74, 6) is 0. The Morgan fingerprint density at radius 1 is 1.38 bits per heavy atom. The standard InChI is InChI=1S/C10H16F3N3/c1-9(2,7-14)4-6-16-5-3-8(15-16)10(11,12)13/h3,5H,4,6-7,14H2,1-2H3. The number of rotatable bonds is 4. The molecule has 0 unspecified atom stereocenters. The zero-order valence-corrected chi connectivity index (χ0v) is 9.38. The highest BCUT2D eigenvalue weighted by molar-refractivity contribution is 5.03. The van der Waals surface area contributed by atoms with Gasteiger partial charge in [-0.05, 0) is 24.4 Å². The Labute approximate surface area is 92.4 Å². The number of hydrogen-bond donors (Lipinski definition) is 1. The van der Waals surface area contributed by atoms with Gasteiger partial charge in [0.1, 0.15) is 0 Å². The third-order valence-electron chi connectivity index (χ3n) is 2.50. The molecule has 1 heterocycles. The lowest BCUT2D eigenvalue weighted by atomic mass is 9.90. The summed E-state index contributed by atoms with van der Waals surface area (Å²) in [5, 5.41) is 3.47. The maximum absolute atomic E-state index is 12.2. The predicted octanol–water partition coefficient (Wildman–Crippen LogP) is 2.28. The van der Waals surface area contributed by atoms with E-state index in [-0.39, 0.29) is 5.41 Å². The molecular weight excluding hydrogens is 219 g/mol. The van der Waals surface area contributed by atoms with Crippen molar-refractivity contribution in [3.63, 3.8) is 0 Å². The topological polar surface area (TPSA) is 43.8 Å². The third-order valence-corrected chi connectivity index (χ3v) is 2.50. The van der Waals surface area contributed by atoms with Crippen molar-refractivity contribution in [1.29, 1.82) is 0 Å². The number of nitrogens with zero attached hydrogens (tertiary/aromatic N) is 2. The van der Waals surface area contributed by atoms with Gasteiger partial charge in [-0.2, -0.15) is 18.3 Å².